The van der Waals surface area contributed by atoms with Crippen LogP contribution in [0.3, 0.4) is 0 Å². The number of pyridine rings is 1. The predicted molar refractivity (Wildman–Crippen MR) is 113 cm³/mol. The largest absolute Gasteiger partial charge is 0.486 e. The zero-order chi connectivity index (χ0) is 21.0. The van der Waals surface area contributed by atoms with Crippen LogP contribution in [0.2, 0.25) is 10.0 Å². The van der Waals surface area contributed by atoms with Crippen LogP contribution >= 0.6 is 23.2 Å². The maximum Gasteiger partial charge on any atom is 0.272 e. The summed E-state index contributed by atoms with van der Waals surface area (Å²) in [7, 11) is 1.66. The smallest absolute Gasteiger partial charge is 0.272 e. The van der Waals surface area contributed by atoms with Gasteiger partial charge in [-0.15, -0.1) is 0 Å². The van der Waals surface area contributed by atoms with Crippen molar-refractivity contribution >= 4 is 46.0 Å². The molecule has 0 aliphatic heterocycles. The molecule has 1 aromatic carbocycles. The second kappa shape index (κ2) is 9.24. The third kappa shape index (κ3) is 4.68. The van der Waals surface area contributed by atoms with Gasteiger partial charge in [0.2, 0.25) is 0 Å². The first-order valence-corrected chi connectivity index (χ1v) is 9.38. The van der Waals surface area contributed by atoms with Crippen molar-refractivity contribution in [1.82, 2.24) is 9.97 Å². The Bertz CT molecular complexity index is 1080. The van der Waals surface area contributed by atoms with Crippen LogP contribution in [0.1, 0.15) is 16.7 Å². The van der Waals surface area contributed by atoms with Crippen LogP contribution in [0.5, 0.6) is 5.75 Å². The van der Waals surface area contributed by atoms with E-state index in [9.17, 15) is 8.78 Å². The average Bonchev–Trinajstić information content (AvgIpc) is 3.10. The lowest BCUT2D eigenvalue weighted by atomic mass is 10.0. The zero-order valence-corrected chi connectivity index (χ0v) is 16.9. The van der Waals surface area contributed by atoms with Gasteiger partial charge in [0.05, 0.1) is 5.02 Å². The summed E-state index contributed by atoms with van der Waals surface area (Å²) in [6.45, 7) is -0.742. The van der Waals surface area contributed by atoms with Crippen LogP contribution in [-0.2, 0) is 6.42 Å². The summed E-state index contributed by atoms with van der Waals surface area (Å²) < 4.78 is 30.0. The van der Waals surface area contributed by atoms with E-state index in [1.807, 2.05) is 6.07 Å². The first-order chi connectivity index (χ1) is 13.9. The standard InChI is InChI=1S/C20H18Cl2F2N4O/c1-26-7-13(6-25)11-4-14-12(9-28-20(14)27-8-11)5-15-16(21)2-3-17(19(15)22)29-10-18(23)24/h2-4,6-9,18H,5,10,25H2,1H3,(H,27,28). The molecule has 29 heavy (non-hydrogen) atoms. The molecule has 0 aliphatic carbocycles. The number of benzene rings is 1. The Labute approximate surface area is 176 Å². The predicted octanol–water partition coefficient (Wildman–Crippen LogP) is 5.10. The van der Waals surface area contributed by atoms with E-state index in [1.165, 1.54) is 12.3 Å². The number of nitrogens with two attached hydrogens (primary N) is 1. The van der Waals surface area contributed by atoms with Gasteiger partial charge in [-0.05, 0) is 29.3 Å². The second-order valence-electron chi connectivity index (χ2n) is 6.16. The lowest BCUT2D eigenvalue weighted by Gasteiger charge is -2.13. The highest BCUT2D eigenvalue weighted by Crippen LogP contribution is 2.36. The molecule has 9 heteroatoms. The Kier molecular flexibility index (Phi) is 6.71. The summed E-state index contributed by atoms with van der Waals surface area (Å²) in [4.78, 5) is 11.5. The summed E-state index contributed by atoms with van der Waals surface area (Å²) in [6, 6.07) is 5.00. The first-order valence-electron chi connectivity index (χ1n) is 8.62. The lowest BCUT2D eigenvalue weighted by Crippen LogP contribution is -2.07. The van der Waals surface area contributed by atoms with Crippen LogP contribution in [0.25, 0.3) is 16.6 Å². The molecule has 0 radical (unpaired) electrons. The average molecular weight is 439 g/mol. The van der Waals surface area contributed by atoms with Gasteiger partial charge in [-0.25, -0.2) is 13.8 Å². The molecule has 0 fully saturated rings. The summed E-state index contributed by atoms with van der Waals surface area (Å²) in [5, 5.41) is 1.48. The van der Waals surface area contributed by atoms with Gasteiger partial charge < -0.3 is 15.5 Å². The molecule has 152 valence electrons. The number of H-pyrrole nitrogens is 1. The molecule has 2 heterocycles. The number of nitrogens with one attached hydrogen (secondary N) is 1. The quantitative estimate of drug-likeness (QED) is 0.503. The van der Waals surface area contributed by atoms with Crippen molar-refractivity contribution in [3.05, 3.63) is 63.5 Å². The Hall–Kier alpha value is -2.64. The number of alkyl halides is 2. The molecule has 3 rings (SSSR count). The fourth-order valence-corrected chi connectivity index (χ4v) is 3.47. The highest BCUT2D eigenvalue weighted by molar-refractivity contribution is 6.37. The van der Waals surface area contributed by atoms with Gasteiger partial charge in [0.15, 0.2) is 0 Å². The number of fused-ring (bicyclic) bond motifs is 1. The van der Waals surface area contributed by atoms with Crippen molar-refractivity contribution in [2.45, 2.75) is 12.8 Å². The van der Waals surface area contributed by atoms with Crippen LogP contribution < -0.4 is 10.5 Å². The summed E-state index contributed by atoms with van der Waals surface area (Å²) in [6.07, 6.45) is 4.37. The first kappa shape index (κ1) is 21.1. The Morgan fingerprint density at radius 1 is 1.38 bits per heavy atom. The van der Waals surface area contributed by atoms with E-state index < -0.39 is 13.0 Å². The van der Waals surface area contributed by atoms with E-state index in [0.29, 0.717) is 22.7 Å². The number of ether oxygens (including phenoxy) is 1. The van der Waals surface area contributed by atoms with Crippen molar-refractivity contribution < 1.29 is 13.5 Å². The number of aromatic nitrogens is 2. The third-order valence-electron chi connectivity index (χ3n) is 4.28. The zero-order valence-electron chi connectivity index (χ0n) is 15.4. The van der Waals surface area contributed by atoms with Crippen molar-refractivity contribution in [3.8, 4) is 5.75 Å². The minimum absolute atomic E-state index is 0.164. The van der Waals surface area contributed by atoms with Crippen LogP contribution in [-0.4, -0.2) is 36.3 Å². The van der Waals surface area contributed by atoms with Gasteiger partial charge in [-0.3, -0.25) is 4.99 Å². The maximum atomic E-state index is 12.5. The lowest BCUT2D eigenvalue weighted by molar-refractivity contribution is 0.0819. The van der Waals surface area contributed by atoms with Gasteiger partial charge in [0, 0.05) is 59.8 Å². The van der Waals surface area contributed by atoms with E-state index in [1.54, 1.807) is 31.7 Å². The molecule has 2 aromatic heterocycles. The monoisotopic (exact) mass is 438 g/mol. The maximum absolute atomic E-state index is 12.5. The molecular weight excluding hydrogens is 421 g/mol. The highest BCUT2D eigenvalue weighted by Gasteiger charge is 2.16. The Morgan fingerprint density at radius 3 is 2.86 bits per heavy atom. The molecule has 0 atom stereocenters. The second-order valence-corrected chi connectivity index (χ2v) is 6.95. The van der Waals surface area contributed by atoms with E-state index in [-0.39, 0.29) is 10.8 Å². The van der Waals surface area contributed by atoms with Crippen LogP contribution in [0.15, 0.2) is 41.8 Å². The highest BCUT2D eigenvalue weighted by atomic mass is 35.5. The molecule has 0 saturated carbocycles. The topological polar surface area (TPSA) is 76.3 Å². The molecule has 3 aromatic rings. The van der Waals surface area contributed by atoms with Crippen molar-refractivity contribution in [3.63, 3.8) is 0 Å². The van der Waals surface area contributed by atoms with E-state index in [4.69, 9.17) is 33.7 Å². The van der Waals surface area contributed by atoms with Crippen molar-refractivity contribution in [2.75, 3.05) is 13.7 Å². The van der Waals surface area contributed by atoms with Crippen molar-refractivity contribution in [1.29, 1.82) is 0 Å². The number of halogens is 4. The molecule has 0 saturated heterocycles. The number of hydrogen-bond donors (Lipinski definition) is 2. The van der Waals surface area contributed by atoms with Gasteiger partial charge in [-0.2, -0.15) is 0 Å². The molecule has 3 N–H and O–H groups in total. The summed E-state index contributed by atoms with van der Waals surface area (Å²) in [5.41, 5.74) is 9.37. The third-order valence-corrected chi connectivity index (χ3v) is 5.05. The molecular formula is C20H18Cl2F2N4O. The number of hydrogen-bond acceptors (Lipinski definition) is 4. The molecule has 5 nitrogen and oxygen atoms in total. The van der Waals surface area contributed by atoms with Crippen LogP contribution in [0.4, 0.5) is 8.78 Å². The normalized spacial score (nSPS) is 12.4. The summed E-state index contributed by atoms with van der Waals surface area (Å²) in [5.74, 6) is 0.164. The number of allylic oxidation sites excluding steroid dienone is 1. The Morgan fingerprint density at radius 2 is 2.17 bits per heavy atom. The molecule has 0 spiro atoms. The number of aliphatic imine (C=N–C) groups is 1. The number of rotatable bonds is 7. The molecule has 0 unspecified atom stereocenters. The minimum atomic E-state index is -2.60. The fraction of sp³-hybridized carbons (Fsp3) is 0.200. The molecule has 0 amide bonds. The fourth-order valence-electron chi connectivity index (χ4n) is 2.91. The van der Waals surface area contributed by atoms with Crippen molar-refractivity contribution in [2.24, 2.45) is 10.7 Å². The van der Waals surface area contributed by atoms with E-state index in [0.717, 1.165) is 22.1 Å². The minimum Gasteiger partial charge on any atom is -0.486 e. The van der Waals surface area contributed by atoms with E-state index >= 15 is 0 Å². The van der Waals surface area contributed by atoms with Gasteiger partial charge in [0.25, 0.3) is 6.43 Å². The van der Waals surface area contributed by atoms with Gasteiger partial charge in [0.1, 0.15) is 18.0 Å². The SMILES string of the molecule is CN=CC(=CN)c1cnc2[nH]cc(Cc3c(Cl)ccc(OCC(F)F)c3Cl)c2c1. The van der Waals surface area contributed by atoms with Crippen LogP contribution in [0, 0.1) is 0 Å². The molecule has 0 bridgehead atoms. The van der Waals surface area contributed by atoms with E-state index in [2.05, 4.69) is 15.0 Å². The van der Waals surface area contributed by atoms with Gasteiger partial charge in [-0.1, -0.05) is 23.2 Å². The Balaban J connectivity index is 1.99. The molecule has 0 aliphatic rings. The van der Waals surface area contributed by atoms with Gasteiger partial charge >= 0.3 is 0 Å². The number of aromatic amines is 1. The summed E-state index contributed by atoms with van der Waals surface area (Å²) >= 11 is 12.7. The number of nitrogens with zero attached hydrogens (tertiary/aromatic N) is 2.